The Bertz CT molecular complexity index is 396. The Kier molecular flexibility index (Phi) is 1.88. The number of nitrogens with zero attached hydrogens (tertiary/aromatic N) is 2. The van der Waals surface area contributed by atoms with E-state index in [1.165, 1.54) is 0 Å². The van der Waals surface area contributed by atoms with E-state index in [2.05, 4.69) is 43.5 Å². The average molecular weight is 323 g/mol. The molecule has 0 aliphatic carbocycles. The Morgan fingerprint density at radius 2 is 2.27 bits per heavy atom. The Hall–Kier alpha value is -0.100. The van der Waals surface area contributed by atoms with Crippen LogP contribution in [-0.2, 0) is 0 Å². The highest BCUT2D eigenvalue weighted by Crippen LogP contribution is 2.19. The lowest BCUT2D eigenvalue weighted by Gasteiger charge is -1.90. The Morgan fingerprint density at radius 3 is 3.00 bits per heavy atom. The van der Waals surface area contributed by atoms with E-state index >= 15 is 0 Å². The first-order valence-electron chi connectivity index (χ1n) is 3.07. The van der Waals surface area contributed by atoms with Crippen LogP contribution in [0.3, 0.4) is 0 Å². The maximum absolute atomic E-state index is 4.32. The molecule has 0 amide bonds. The molecule has 0 radical (unpaired) electrons. The van der Waals surface area contributed by atoms with E-state index in [0.717, 1.165) is 14.0 Å². The third kappa shape index (κ3) is 1.18. The monoisotopic (exact) mass is 322 g/mol. The van der Waals surface area contributed by atoms with Crippen molar-refractivity contribution in [2.24, 2.45) is 0 Å². The number of halogens is 2. The van der Waals surface area contributed by atoms with Gasteiger partial charge in [-0.25, -0.2) is 4.98 Å². The summed E-state index contributed by atoms with van der Waals surface area (Å²) in [5.74, 6) is 0. The first-order chi connectivity index (χ1) is 5.29. The number of hydrogen-bond donors (Lipinski definition) is 0. The fraction of sp³-hybridized carbons (Fsp3) is 0. The zero-order valence-electron chi connectivity index (χ0n) is 5.46. The van der Waals surface area contributed by atoms with Crippen LogP contribution in [-0.4, -0.2) is 9.38 Å². The SMILES string of the molecule is Brc1c(I)nc2ccccn12. The molecule has 0 aliphatic rings. The number of pyridine rings is 1. The highest BCUT2D eigenvalue weighted by molar-refractivity contribution is 14.1. The third-order valence-electron chi connectivity index (χ3n) is 1.43. The number of imidazole rings is 1. The molecule has 0 spiro atoms. The standard InChI is InChI=1S/C7H4BrIN2/c8-6-7(9)10-5-3-1-2-4-11(5)6/h1-4H. The first-order valence-corrected chi connectivity index (χ1v) is 4.94. The van der Waals surface area contributed by atoms with Crippen LogP contribution in [0.2, 0.25) is 0 Å². The van der Waals surface area contributed by atoms with Crippen LogP contribution in [0.5, 0.6) is 0 Å². The summed E-state index contributed by atoms with van der Waals surface area (Å²) in [7, 11) is 0. The first kappa shape index (κ1) is 7.54. The van der Waals surface area contributed by atoms with Crippen molar-refractivity contribution >= 4 is 44.2 Å². The molecule has 0 atom stereocenters. The molecule has 0 N–H and O–H groups in total. The molecule has 2 nitrogen and oxygen atoms in total. The third-order valence-corrected chi connectivity index (χ3v) is 3.68. The number of rotatable bonds is 0. The molecule has 0 aliphatic heterocycles. The second-order valence-electron chi connectivity index (χ2n) is 2.12. The molecule has 2 aromatic rings. The quantitative estimate of drug-likeness (QED) is 0.682. The molecule has 0 saturated carbocycles. The van der Waals surface area contributed by atoms with Gasteiger partial charge in [0.2, 0.25) is 0 Å². The van der Waals surface area contributed by atoms with E-state index in [0.29, 0.717) is 0 Å². The minimum absolute atomic E-state index is 0.976. The summed E-state index contributed by atoms with van der Waals surface area (Å²) < 4.78 is 4.02. The number of hydrogen-bond acceptors (Lipinski definition) is 1. The van der Waals surface area contributed by atoms with E-state index in [-0.39, 0.29) is 0 Å². The largest absolute Gasteiger partial charge is 0.293 e. The van der Waals surface area contributed by atoms with Crippen LogP contribution in [0.4, 0.5) is 0 Å². The van der Waals surface area contributed by atoms with Gasteiger partial charge < -0.3 is 0 Å². The van der Waals surface area contributed by atoms with E-state index in [9.17, 15) is 0 Å². The van der Waals surface area contributed by atoms with Crippen LogP contribution in [0.25, 0.3) is 5.65 Å². The predicted octanol–water partition coefficient (Wildman–Crippen LogP) is 2.70. The lowest BCUT2D eigenvalue weighted by molar-refractivity contribution is 1.15. The zero-order valence-corrected chi connectivity index (χ0v) is 9.20. The lowest BCUT2D eigenvalue weighted by atomic mass is 10.5. The lowest BCUT2D eigenvalue weighted by Crippen LogP contribution is -1.80. The summed E-state index contributed by atoms with van der Waals surface area (Å²) in [6.45, 7) is 0. The van der Waals surface area contributed by atoms with Crippen LogP contribution in [0, 0.1) is 3.70 Å². The molecular weight excluding hydrogens is 319 g/mol. The van der Waals surface area contributed by atoms with Crippen LogP contribution in [0.15, 0.2) is 29.0 Å². The normalized spacial score (nSPS) is 10.7. The van der Waals surface area contributed by atoms with Crippen molar-refractivity contribution in [3.8, 4) is 0 Å². The molecule has 0 bridgehead atoms. The van der Waals surface area contributed by atoms with E-state index < -0.39 is 0 Å². The molecule has 4 heteroatoms. The van der Waals surface area contributed by atoms with Crippen LogP contribution in [0.1, 0.15) is 0 Å². The smallest absolute Gasteiger partial charge is 0.138 e. The molecule has 2 aromatic heterocycles. The van der Waals surface area contributed by atoms with E-state index in [4.69, 9.17) is 0 Å². The van der Waals surface area contributed by atoms with Crippen LogP contribution < -0.4 is 0 Å². The van der Waals surface area contributed by atoms with Crippen molar-refractivity contribution in [3.63, 3.8) is 0 Å². The minimum Gasteiger partial charge on any atom is -0.293 e. The summed E-state index contributed by atoms with van der Waals surface area (Å²) >= 11 is 5.64. The van der Waals surface area contributed by atoms with Crippen LogP contribution >= 0.6 is 38.5 Å². The molecule has 2 heterocycles. The van der Waals surface area contributed by atoms with Gasteiger partial charge in [0.25, 0.3) is 0 Å². The number of aromatic nitrogens is 2. The molecule has 0 fully saturated rings. The van der Waals surface area contributed by atoms with Crippen molar-refractivity contribution in [1.82, 2.24) is 9.38 Å². The van der Waals surface area contributed by atoms with Crippen molar-refractivity contribution in [2.75, 3.05) is 0 Å². The number of fused-ring (bicyclic) bond motifs is 1. The molecule has 56 valence electrons. The van der Waals surface area contributed by atoms with Gasteiger partial charge in [0, 0.05) is 6.20 Å². The predicted molar refractivity (Wildman–Crippen MR) is 55.6 cm³/mol. The summed E-state index contributed by atoms with van der Waals surface area (Å²) in [5, 5.41) is 0. The van der Waals surface area contributed by atoms with Gasteiger partial charge >= 0.3 is 0 Å². The zero-order chi connectivity index (χ0) is 7.84. The minimum atomic E-state index is 0.976. The summed E-state index contributed by atoms with van der Waals surface area (Å²) in [4.78, 5) is 4.32. The van der Waals surface area contributed by atoms with Crippen molar-refractivity contribution < 1.29 is 0 Å². The highest BCUT2D eigenvalue weighted by atomic mass is 127. The molecule has 2 rings (SSSR count). The van der Waals surface area contributed by atoms with Crippen molar-refractivity contribution in [2.45, 2.75) is 0 Å². The fourth-order valence-corrected chi connectivity index (χ4v) is 1.83. The van der Waals surface area contributed by atoms with Gasteiger partial charge in [-0.15, -0.1) is 0 Å². The van der Waals surface area contributed by atoms with Crippen molar-refractivity contribution in [3.05, 3.63) is 32.7 Å². The Morgan fingerprint density at radius 1 is 1.45 bits per heavy atom. The Balaban J connectivity index is 2.92. The van der Waals surface area contributed by atoms with Gasteiger partial charge in [-0.05, 0) is 50.7 Å². The van der Waals surface area contributed by atoms with E-state index in [1.807, 2.05) is 28.8 Å². The molecule has 11 heavy (non-hydrogen) atoms. The maximum atomic E-state index is 4.32. The van der Waals surface area contributed by atoms with Gasteiger partial charge in [0.05, 0.1) is 0 Å². The van der Waals surface area contributed by atoms with Gasteiger partial charge in [-0.3, -0.25) is 4.40 Å². The van der Waals surface area contributed by atoms with Gasteiger partial charge in [-0.2, -0.15) is 0 Å². The topological polar surface area (TPSA) is 17.3 Å². The van der Waals surface area contributed by atoms with E-state index in [1.54, 1.807) is 0 Å². The maximum Gasteiger partial charge on any atom is 0.138 e. The molecular formula is C7H4BrIN2. The van der Waals surface area contributed by atoms with Gasteiger partial charge in [0.15, 0.2) is 0 Å². The second-order valence-corrected chi connectivity index (χ2v) is 3.90. The second kappa shape index (κ2) is 2.75. The molecule has 0 aromatic carbocycles. The Labute approximate surface area is 85.9 Å². The fourth-order valence-electron chi connectivity index (χ4n) is 0.937. The van der Waals surface area contributed by atoms with Gasteiger partial charge in [0.1, 0.15) is 14.0 Å². The summed E-state index contributed by atoms with van der Waals surface area (Å²) in [6, 6.07) is 5.94. The molecule has 0 unspecified atom stereocenters. The van der Waals surface area contributed by atoms with Crippen molar-refractivity contribution in [1.29, 1.82) is 0 Å². The average Bonchev–Trinajstić information content (AvgIpc) is 2.30. The highest BCUT2D eigenvalue weighted by Gasteiger charge is 2.03. The summed E-state index contributed by atoms with van der Waals surface area (Å²) in [6.07, 6.45) is 1.98. The summed E-state index contributed by atoms with van der Waals surface area (Å²) in [5.41, 5.74) is 0.976. The van der Waals surface area contributed by atoms with Gasteiger partial charge in [-0.1, -0.05) is 6.07 Å². The molecule has 0 saturated heterocycles.